The van der Waals surface area contributed by atoms with E-state index < -0.39 is 6.17 Å². The SMILES string of the molecule is CCOc1cc(C2Nc3ccccc3C(=O)N2c2ccc(O)cc2)ccc1OCC(=O)Nc1ccc(C)c(C)c1. The summed E-state index contributed by atoms with van der Waals surface area (Å²) >= 11 is 0. The molecule has 8 heteroatoms. The molecule has 40 heavy (non-hydrogen) atoms. The zero-order chi connectivity index (χ0) is 28.2. The first-order chi connectivity index (χ1) is 19.3. The lowest BCUT2D eigenvalue weighted by Gasteiger charge is -2.38. The average molecular weight is 538 g/mol. The van der Waals surface area contributed by atoms with Crippen LogP contribution in [0.25, 0.3) is 0 Å². The van der Waals surface area contributed by atoms with Gasteiger partial charge in [-0.1, -0.05) is 24.3 Å². The fourth-order valence-corrected chi connectivity index (χ4v) is 4.61. The molecule has 8 nitrogen and oxygen atoms in total. The molecule has 3 N–H and O–H groups in total. The molecule has 0 aromatic heterocycles. The normalized spacial score (nSPS) is 14.2. The molecule has 1 atom stereocenters. The number of carbonyl (C=O) groups is 2. The van der Waals surface area contributed by atoms with Crippen LogP contribution >= 0.6 is 0 Å². The minimum Gasteiger partial charge on any atom is -0.508 e. The van der Waals surface area contributed by atoms with Crippen molar-refractivity contribution in [2.24, 2.45) is 0 Å². The summed E-state index contributed by atoms with van der Waals surface area (Å²) in [6.07, 6.45) is -0.562. The van der Waals surface area contributed by atoms with Gasteiger partial charge in [0.1, 0.15) is 11.9 Å². The van der Waals surface area contributed by atoms with Crippen molar-refractivity contribution in [3.05, 3.63) is 107 Å². The van der Waals surface area contributed by atoms with Crippen molar-refractivity contribution >= 4 is 28.9 Å². The number of nitrogens with zero attached hydrogens (tertiary/aromatic N) is 1. The highest BCUT2D eigenvalue weighted by molar-refractivity contribution is 6.12. The molecule has 2 amide bonds. The fraction of sp³-hybridized carbons (Fsp3) is 0.188. The Labute approximate surface area is 233 Å². The third-order valence-electron chi connectivity index (χ3n) is 6.79. The van der Waals surface area contributed by atoms with Crippen LogP contribution in [0.1, 0.15) is 40.1 Å². The Kier molecular flexibility index (Phi) is 7.59. The van der Waals surface area contributed by atoms with Crippen LogP contribution in [0, 0.1) is 13.8 Å². The third kappa shape index (κ3) is 5.56. The van der Waals surface area contributed by atoms with E-state index in [1.807, 2.05) is 69.3 Å². The molecule has 204 valence electrons. The van der Waals surface area contributed by atoms with Gasteiger partial charge in [-0.3, -0.25) is 14.5 Å². The first kappa shape index (κ1) is 26.6. The van der Waals surface area contributed by atoms with Crippen molar-refractivity contribution in [1.29, 1.82) is 0 Å². The summed E-state index contributed by atoms with van der Waals surface area (Å²) in [5.41, 5.74) is 5.59. The largest absolute Gasteiger partial charge is 0.508 e. The Bertz CT molecular complexity index is 1550. The number of amides is 2. The number of benzene rings is 4. The standard InChI is InChI=1S/C32H31N3O5/c1-4-39-29-18-22(10-16-28(29)40-19-30(37)33-23-11-9-20(2)21(3)17-23)31-34-27-8-6-5-7-26(27)32(38)35(31)24-12-14-25(36)15-13-24/h5-18,31,34,36H,4,19H2,1-3H3,(H,33,37). The molecule has 5 rings (SSSR count). The number of rotatable bonds is 8. The number of para-hydroxylation sites is 1. The van der Waals surface area contributed by atoms with Gasteiger partial charge in [0, 0.05) is 17.1 Å². The van der Waals surface area contributed by atoms with Gasteiger partial charge in [0.15, 0.2) is 18.1 Å². The van der Waals surface area contributed by atoms with E-state index in [-0.39, 0.29) is 24.2 Å². The highest BCUT2D eigenvalue weighted by atomic mass is 16.5. The summed E-state index contributed by atoms with van der Waals surface area (Å²) < 4.78 is 11.7. The first-order valence-electron chi connectivity index (χ1n) is 13.1. The molecular formula is C32H31N3O5. The molecule has 0 radical (unpaired) electrons. The number of phenols is 1. The van der Waals surface area contributed by atoms with E-state index in [4.69, 9.17) is 9.47 Å². The molecule has 1 heterocycles. The maximum absolute atomic E-state index is 13.7. The highest BCUT2D eigenvalue weighted by Crippen LogP contribution is 2.39. The Balaban J connectivity index is 1.41. The maximum atomic E-state index is 13.7. The number of aryl methyl sites for hydroxylation is 2. The Morgan fingerprint density at radius 3 is 2.45 bits per heavy atom. The molecule has 0 saturated carbocycles. The number of fused-ring (bicyclic) bond motifs is 1. The van der Waals surface area contributed by atoms with E-state index in [0.29, 0.717) is 40.7 Å². The zero-order valence-electron chi connectivity index (χ0n) is 22.6. The van der Waals surface area contributed by atoms with E-state index in [1.54, 1.807) is 41.3 Å². The van der Waals surface area contributed by atoms with Crippen LogP contribution < -0.4 is 25.0 Å². The van der Waals surface area contributed by atoms with E-state index in [0.717, 1.165) is 16.7 Å². The van der Waals surface area contributed by atoms with Crippen molar-refractivity contribution < 1.29 is 24.2 Å². The second-order valence-electron chi connectivity index (χ2n) is 9.56. The van der Waals surface area contributed by atoms with E-state index in [2.05, 4.69) is 10.6 Å². The number of phenolic OH excluding ortho intramolecular Hbond substituents is 1. The van der Waals surface area contributed by atoms with Crippen molar-refractivity contribution in [2.45, 2.75) is 26.9 Å². The first-order valence-corrected chi connectivity index (χ1v) is 13.1. The van der Waals surface area contributed by atoms with Crippen LogP contribution in [0.4, 0.5) is 17.1 Å². The van der Waals surface area contributed by atoms with Gasteiger partial charge in [-0.05, 0) is 98.1 Å². The number of carbonyl (C=O) groups excluding carboxylic acids is 2. The van der Waals surface area contributed by atoms with Crippen LogP contribution in [0.5, 0.6) is 17.2 Å². The molecule has 1 aliphatic heterocycles. The van der Waals surface area contributed by atoms with Gasteiger partial charge < -0.3 is 25.2 Å². The van der Waals surface area contributed by atoms with Crippen molar-refractivity contribution in [3.8, 4) is 17.2 Å². The number of aromatic hydroxyl groups is 1. The molecule has 0 aliphatic carbocycles. The number of ether oxygens (including phenoxy) is 2. The third-order valence-corrected chi connectivity index (χ3v) is 6.79. The van der Waals surface area contributed by atoms with E-state index in [1.165, 1.54) is 0 Å². The van der Waals surface area contributed by atoms with Crippen molar-refractivity contribution in [1.82, 2.24) is 0 Å². The van der Waals surface area contributed by atoms with Crippen LogP contribution in [0.3, 0.4) is 0 Å². The van der Waals surface area contributed by atoms with Gasteiger partial charge in [0.2, 0.25) is 0 Å². The Morgan fingerprint density at radius 2 is 1.70 bits per heavy atom. The lowest BCUT2D eigenvalue weighted by molar-refractivity contribution is -0.118. The molecule has 1 unspecified atom stereocenters. The molecule has 0 bridgehead atoms. The summed E-state index contributed by atoms with van der Waals surface area (Å²) in [6, 6.07) is 25.0. The molecular weight excluding hydrogens is 506 g/mol. The number of nitrogens with one attached hydrogen (secondary N) is 2. The van der Waals surface area contributed by atoms with Crippen LogP contribution in [-0.2, 0) is 4.79 Å². The number of anilines is 3. The molecule has 0 fully saturated rings. The van der Waals surface area contributed by atoms with Gasteiger partial charge in [-0.15, -0.1) is 0 Å². The van der Waals surface area contributed by atoms with Crippen LogP contribution in [0.15, 0.2) is 84.9 Å². The summed E-state index contributed by atoms with van der Waals surface area (Å²) in [7, 11) is 0. The predicted molar refractivity (Wildman–Crippen MR) is 155 cm³/mol. The second kappa shape index (κ2) is 11.4. The number of hydrogen-bond acceptors (Lipinski definition) is 6. The minimum absolute atomic E-state index is 0.111. The van der Waals surface area contributed by atoms with E-state index >= 15 is 0 Å². The summed E-state index contributed by atoms with van der Waals surface area (Å²) in [4.78, 5) is 27.9. The maximum Gasteiger partial charge on any atom is 0.262 e. The van der Waals surface area contributed by atoms with E-state index in [9.17, 15) is 14.7 Å². The predicted octanol–water partition coefficient (Wildman–Crippen LogP) is 6.20. The van der Waals surface area contributed by atoms with Gasteiger partial charge in [-0.2, -0.15) is 0 Å². The molecule has 0 saturated heterocycles. The Hall–Kier alpha value is -4.98. The van der Waals surface area contributed by atoms with Gasteiger partial charge >= 0.3 is 0 Å². The summed E-state index contributed by atoms with van der Waals surface area (Å²) in [5, 5.41) is 16.1. The molecule has 0 spiro atoms. The minimum atomic E-state index is -0.562. The second-order valence-corrected chi connectivity index (χ2v) is 9.56. The van der Waals surface area contributed by atoms with Gasteiger partial charge in [0.25, 0.3) is 11.8 Å². The number of hydrogen-bond donors (Lipinski definition) is 3. The zero-order valence-corrected chi connectivity index (χ0v) is 22.6. The molecule has 4 aromatic carbocycles. The fourth-order valence-electron chi connectivity index (χ4n) is 4.61. The van der Waals surface area contributed by atoms with Crippen molar-refractivity contribution in [2.75, 3.05) is 28.7 Å². The monoisotopic (exact) mass is 537 g/mol. The lowest BCUT2D eigenvalue weighted by Crippen LogP contribution is -2.43. The molecule has 4 aromatic rings. The summed E-state index contributed by atoms with van der Waals surface area (Å²) in [5.74, 6) is 0.521. The lowest BCUT2D eigenvalue weighted by atomic mass is 10.0. The van der Waals surface area contributed by atoms with Crippen molar-refractivity contribution in [3.63, 3.8) is 0 Å². The Morgan fingerprint density at radius 1 is 0.925 bits per heavy atom. The topological polar surface area (TPSA) is 100 Å². The summed E-state index contributed by atoms with van der Waals surface area (Å²) in [6.45, 7) is 6.07. The van der Waals surface area contributed by atoms with Gasteiger partial charge in [-0.25, -0.2) is 0 Å². The smallest absolute Gasteiger partial charge is 0.262 e. The quantitative estimate of drug-likeness (QED) is 0.248. The van der Waals surface area contributed by atoms with Crippen LogP contribution in [-0.4, -0.2) is 30.1 Å². The average Bonchev–Trinajstić information content (AvgIpc) is 2.95. The van der Waals surface area contributed by atoms with Gasteiger partial charge in [0.05, 0.1) is 12.2 Å². The van der Waals surface area contributed by atoms with Crippen LogP contribution in [0.2, 0.25) is 0 Å². The molecule has 1 aliphatic rings. The highest BCUT2D eigenvalue weighted by Gasteiger charge is 2.34.